The van der Waals surface area contributed by atoms with Crippen LogP contribution in [0, 0.1) is 0 Å². The van der Waals surface area contributed by atoms with E-state index in [9.17, 15) is 4.79 Å². The minimum absolute atomic E-state index is 0.329. The first-order chi connectivity index (χ1) is 8.20. The summed E-state index contributed by atoms with van der Waals surface area (Å²) in [6, 6.07) is 5.83. The van der Waals surface area contributed by atoms with Crippen molar-refractivity contribution in [3.05, 3.63) is 32.7 Å². The molecule has 100 valence electrons. The fourth-order valence-corrected chi connectivity index (χ4v) is 2.57. The largest absolute Gasteiger partial charge is 0.444 e. The second-order valence-electron chi connectivity index (χ2n) is 5.04. The van der Waals surface area contributed by atoms with E-state index in [1.807, 2.05) is 39.0 Å². The molecule has 0 N–H and O–H groups in total. The molecule has 0 atom stereocenters. The number of rotatable bonds is 2. The molecule has 0 saturated carbocycles. The quantitative estimate of drug-likeness (QED) is 0.753. The molecule has 0 fully saturated rings. The monoisotopic (exact) mass is 377 g/mol. The number of carbonyl (C=O) groups excluding carboxylic acids is 1. The first-order valence-electron chi connectivity index (χ1n) is 5.57. The fraction of sp³-hybridized carbons (Fsp3) is 0.462. The molecule has 0 saturated heterocycles. The second kappa shape index (κ2) is 6.06. The molecule has 0 aliphatic rings. The highest BCUT2D eigenvalue weighted by atomic mass is 79.9. The minimum Gasteiger partial charge on any atom is -0.444 e. The Hall–Kier alpha value is -0.550. The Balaban J connectivity index is 2.76. The molecule has 1 aromatic rings. The first-order valence-corrected chi connectivity index (χ1v) is 7.16. The Morgan fingerprint density at radius 1 is 1.28 bits per heavy atom. The van der Waals surface area contributed by atoms with E-state index in [0.717, 1.165) is 14.5 Å². The highest BCUT2D eigenvalue weighted by Gasteiger charge is 2.20. The molecule has 0 heterocycles. The van der Waals surface area contributed by atoms with Gasteiger partial charge in [-0.05, 0) is 38.5 Å². The van der Waals surface area contributed by atoms with Crippen molar-refractivity contribution in [2.24, 2.45) is 0 Å². The van der Waals surface area contributed by atoms with Crippen LogP contribution < -0.4 is 0 Å². The number of hydrogen-bond acceptors (Lipinski definition) is 2. The zero-order valence-electron chi connectivity index (χ0n) is 11.0. The van der Waals surface area contributed by atoms with Crippen LogP contribution in [-0.4, -0.2) is 23.6 Å². The number of benzene rings is 1. The molecule has 3 nitrogen and oxygen atoms in total. The summed E-state index contributed by atoms with van der Waals surface area (Å²) >= 11 is 6.95. The highest BCUT2D eigenvalue weighted by Crippen LogP contribution is 2.26. The lowest BCUT2D eigenvalue weighted by Gasteiger charge is -2.25. The lowest BCUT2D eigenvalue weighted by Crippen LogP contribution is -2.33. The summed E-state index contributed by atoms with van der Waals surface area (Å²) in [5, 5.41) is 0. The molecule has 5 heteroatoms. The fourth-order valence-electron chi connectivity index (χ4n) is 1.32. The maximum Gasteiger partial charge on any atom is 0.410 e. The summed E-state index contributed by atoms with van der Waals surface area (Å²) in [5.74, 6) is 0. The van der Waals surface area contributed by atoms with Crippen LogP contribution in [-0.2, 0) is 11.3 Å². The smallest absolute Gasteiger partial charge is 0.410 e. The number of amides is 1. The van der Waals surface area contributed by atoms with Gasteiger partial charge >= 0.3 is 6.09 Å². The van der Waals surface area contributed by atoms with Gasteiger partial charge in [0.15, 0.2) is 0 Å². The molecule has 18 heavy (non-hydrogen) atoms. The van der Waals surface area contributed by atoms with Crippen molar-refractivity contribution >= 4 is 38.0 Å². The van der Waals surface area contributed by atoms with Crippen LogP contribution in [0.25, 0.3) is 0 Å². The molecule has 0 aromatic heterocycles. The van der Waals surface area contributed by atoms with Crippen LogP contribution in [0.15, 0.2) is 27.1 Å². The van der Waals surface area contributed by atoms with Crippen LogP contribution in [0.2, 0.25) is 0 Å². The molecular formula is C13H17Br2NO2. The van der Waals surface area contributed by atoms with E-state index >= 15 is 0 Å². The van der Waals surface area contributed by atoms with Crippen molar-refractivity contribution in [1.29, 1.82) is 0 Å². The van der Waals surface area contributed by atoms with Gasteiger partial charge in [-0.3, -0.25) is 0 Å². The van der Waals surface area contributed by atoms with Crippen molar-refractivity contribution < 1.29 is 9.53 Å². The van der Waals surface area contributed by atoms with Crippen molar-refractivity contribution in [2.45, 2.75) is 32.9 Å². The lowest BCUT2D eigenvalue weighted by molar-refractivity contribution is 0.0284. The van der Waals surface area contributed by atoms with Crippen LogP contribution in [0.3, 0.4) is 0 Å². The third-order valence-corrected chi connectivity index (χ3v) is 3.65. The zero-order valence-corrected chi connectivity index (χ0v) is 14.1. The normalized spacial score (nSPS) is 11.2. The standard InChI is InChI=1S/C13H17Br2NO2/c1-13(2,3)18-12(17)16(4)8-9-10(14)6-5-7-11(9)15/h5-7H,8H2,1-4H3. The molecule has 0 aliphatic carbocycles. The van der Waals surface area contributed by atoms with Crippen molar-refractivity contribution in [1.82, 2.24) is 4.90 Å². The molecule has 0 radical (unpaired) electrons. The molecule has 0 unspecified atom stereocenters. The van der Waals surface area contributed by atoms with E-state index in [0.29, 0.717) is 6.54 Å². The van der Waals surface area contributed by atoms with Crippen LogP contribution in [0.5, 0.6) is 0 Å². The van der Waals surface area contributed by atoms with Gasteiger partial charge in [-0.1, -0.05) is 37.9 Å². The Kier molecular flexibility index (Phi) is 5.22. The van der Waals surface area contributed by atoms with E-state index in [1.165, 1.54) is 0 Å². The van der Waals surface area contributed by atoms with E-state index in [1.54, 1.807) is 11.9 Å². The maximum atomic E-state index is 11.9. The third-order valence-electron chi connectivity index (χ3n) is 2.16. The molecule has 0 spiro atoms. The predicted molar refractivity (Wildman–Crippen MR) is 79.5 cm³/mol. The minimum atomic E-state index is -0.476. The number of ether oxygens (including phenoxy) is 1. The molecular weight excluding hydrogens is 362 g/mol. The number of nitrogens with zero attached hydrogens (tertiary/aromatic N) is 1. The zero-order chi connectivity index (χ0) is 13.9. The van der Waals surface area contributed by atoms with Gasteiger partial charge in [0.1, 0.15) is 5.60 Å². The van der Waals surface area contributed by atoms with Gasteiger partial charge in [0.05, 0.1) is 6.54 Å². The van der Waals surface area contributed by atoms with Gasteiger partial charge in [-0.2, -0.15) is 0 Å². The van der Waals surface area contributed by atoms with Gasteiger partial charge in [-0.25, -0.2) is 4.79 Å². The van der Waals surface area contributed by atoms with Crippen LogP contribution in [0.4, 0.5) is 4.79 Å². The Bertz CT molecular complexity index is 421. The van der Waals surface area contributed by atoms with Gasteiger partial charge < -0.3 is 9.64 Å². The molecule has 0 bridgehead atoms. The van der Waals surface area contributed by atoms with Gasteiger partial charge in [0.2, 0.25) is 0 Å². The molecule has 0 aliphatic heterocycles. The SMILES string of the molecule is CN(Cc1c(Br)cccc1Br)C(=O)OC(C)(C)C. The second-order valence-corrected chi connectivity index (χ2v) is 6.75. The summed E-state index contributed by atoms with van der Waals surface area (Å²) in [5.41, 5.74) is 0.544. The van der Waals surface area contributed by atoms with Gasteiger partial charge in [0.25, 0.3) is 0 Å². The van der Waals surface area contributed by atoms with E-state index in [4.69, 9.17) is 4.74 Å². The Labute approximate surface area is 125 Å². The topological polar surface area (TPSA) is 29.5 Å². The predicted octanol–water partition coefficient (Wildman–Crippen LogP) is 4.58. The molecule has 1 amide bonds. The third kappa shape index (κ3) is 4.61. The maximum absolute atomic E-state index is 11.9. The Morgan fingerprint density at radius 3 is 2.22 bits per heavy atom. The summed E-state index contributed by atoms with van der Waals surface area (Å²) in [6.07, 6.45) is -0.329. The number of hydrogen-bond donors (Lipinski definition) is 0. The van der Waals surface area contributed by atoms with Crippen molar-refractivity contribution in [3.63, 3.8) is 0 Å². The highest BCUT2D eigenvalue weighted by molar-refractivity contribution is 9.11. The molecule has 1 aromatic carbocycles. The van der Waals surface area contributed by atoms with Crippen molar-refractivity contribution in [2.75, 3.05) is 7.05 Å². The Morgan fingerprint density at radius 2 is 1.78 bits per heavy atom. The summed E-state index contributed by atoms with van der Waals surface area (Å²) in [6.45, 7) is 6.05. The van der Waals surface area contributed by atoms with Crippen LogP contribution in [0.1, 0.15) is 26.3 Å². The van der Waals surface area contributed by atoms with E-state index < -0.39 is 5.60 Å². The molecule has 1 rings (SSSR count). The summed E-state index contributed by atoms with van der Waals surface area (Å²) < 4.78 is 7.24. The van der Waals surface area contributed by atoms with Gasteiger partial charge in [-0.15, -0.1) is 0 Å². The summed E-state index contributed by atoms with van der Waals surface area (Å²) in [4.78, 5) is 13.4. The lowest BCUT2D eigenvalue weighted by atomic mass is 10.2. The van der Waals surface area contributed by atoms with Crippen molar-refractivity contribution in [3.8, 4) is 0 Å². The van der Waals surface area contributed by atoms with E-state index in [2.05, 4.69) is 31.9 Å². The first kappa shape index (κ1) is 15.5. The number of carbonyl (C=O) groups is 1. The average Bonchev–Trinajstić information content (AvgIpc) is 2.21. The van der Waals surface area contributed by atoms with E-state index in [-0.39, 0.29) is 6.09 Å². The van der Waals surface area contributed by atoms with Gasteiger partial charge in [0, 0.05) is 16.0 Å². The average molecular weight is 379 g/mol. The van der Waals surface area contributed by atoms with Crippen LogP contribution >= 0.6 is 31.9 Å². The number of halogens is 2. The summed E-state index contributed by atoms with van der Waals surface area (Å²) in [7, 11) is 1.72.